The molecule has 82 valence electrons. The molecule has 0 bridgehead atoms. The van der Waals surface area contributed by atoms with Crippen molar-refractivity contribution in [2.75, 3.05) is 0 Å². The lowest BCUT2D eigenvalue weighted by molar-refractivity contribution is 0.289. The summed E-state index contributed by atoms with van der Waals surface area (Å²) < 4.78 is 19.0. The molecule has 0 aliphatic rings. The fourth-order valence-electron chi connectivity index (χ4n) is 1.21. The van der Waals surface area contributed by atoms with E-state index >= 15 is 0 Å². The second-order valence-corrected chi connectivity index (χ2v) is 4.36. The second-order valence-electron chi connectivity index (χ2n) is 3.20. The zero-order valence-electron chi connectivity index (χ0n) is 8.36. The van der Waals surface area contributed by atoms with Gasteiger partial charge in [-0.1, -0.05) is 30.3 Å². The van der Waals surface area contributed by atoms with Crippen LogP contribution in [-0.2, 0) is 6.61 Å². The van der Waals surface area contributed by atoms with Gasteiger partial charge in [0, 0.05) is 6.07 Å². The maximum Gasteiger partial charge on any atom is 0.229 e. The van der Waals surface area contributed by atoms with Gasteiger partial charge in [-0.15, -0.1) is 0 Å². The van der Waals surface area contributed by atoms with E-state index in [1.807, 2.05) is 52.9 Å². The zero-order chi connectivity index (χ0) is 11.4. The van der Waals surface area contributed by atoms with Crippen LogP contribution in [0.3, 0.4) is 0 Å². The molecule has 0 radical (unpaired) electrons. The van der Waals surface area contributed by atoms with Crippen LogP contribution >= 0.6 is 22.6 Å². The van der Waals surface area contributed by atoms with Gasteiger partial charge in [-0.2, -0.15) is 9.37 Å². The van der Waals surface area contributed by atoms with Crippen molar-refractivity contribution in [1.82, 2.24) is 4.98 Å². The molecule has 1 aromatic heterocycles. The Kier molecular flexibility index (Phi) is 3.71. The van der Waals surface area contributed by atoms with Crippen LogP contribution in [0.5, 0.6) is 5.88 Å². The molecular weight excluding hydrogens is 320 g/mol. The van der Waals surface area contributed by atoms with E-state index in [9.17, 15) is 4.39 Å². The lowest BCUT2D eigenvalue weighted by Crippen LogP contribution is -1.98. The van der Waals surface area contributed by atoms with Crippen molar-refractivity contribution in [3.63, 3.8) is 0 Å². The number of hydrogen-bond donors (Lipinski definition) is 0. The Balaban J connectivity index is 2.03. The minimum absolute atomic E-state index is 0.307. The number of rotatable bonds is 3. The molecule has 2 rings (SSSR count). The summed E-state index contributed by atoms with van der Waals surface area (Å²) in [5.74, 6) is -0.187. The Bertz CT molecular complexity index is 476. The fourth-order valence-corrected chi connectivity index (χ4v) is 1.51. The summed E-state index contributed by atoms with van der Waals surface area (Å²) in [4.78, 5) is 3.69. The summed E-state index contributed by atoms with van der Waals surface area (Å²) >= 11 is 1.89. The first-order valence-electron chi connectivity index (χ1n) is 4.74. The number of nitrogens with zero attached hydrogens (tertiary/aromatic N) is 1. The summed E-state index contributed by atoms with van der Waals surface area (Å²) in [6.07, 6.45) is 0. The van der Waals surface area contributed by atoms with E-state index in [0.29, 0.717) is 16.1 Å². The number of pyridine rings is 1. The van der Waals surface area contributed by atoms with Crippen molar-refractivity contribution in [2.24, 2.45) is 0 Å². The first kappa shape index (κ1) is 11.3. The van der Waals surface area contributed by atoms with Gasteiger partial charge < -0.3 is 4.74 Å². The highest BCUT2D eigenvalue weighted by molar-refractivity contribution is 14.1. The van der Waals surface area contributed by atoms with Crippen LogP contribution in [0.2, 0.25) is 0 Å². The lowest BCUT2D eigenvalue weighted by atomic mass is 10.2. The van der Waals surface area contributed by atoms with E-state index in [2.05, 4.69) is 4.98 Å². The number of halogens is 2. The third-order valence-corrected chi connectivity index (χ3v) is 2.81. The van der Waals surface area contributed by atoms with Crippen molar-refractivity contribution >= 4 is 22.6 Å². The normalized spacial score (nSPS) is 10.1. The van der Waals surface area contributed by atoms with Crippen LogP contribution in [0.4, 0.5) is 4.39 Å². The van der Waals surface area contributed by atoms with Gasteiger partial charge in [0.15, 0.2) is 0 Å². The monoisotopic (exact) mass is 329 g/mol. The van der Waals surface area contributed by atoms with Crippen molar-refractivity contribution in [3.05, 3.63) is 57.5 Å². The van der Waals surface area contributed by atoms with Gasteiger partial charge in [0.1, 0.15) is 6.61 Å². The largest absolute Gasteiger partial charge is 0.473 e. The summed E-state index contributed by atoms with van der Waals surface area (Å²) in [6, 6.07) is 13.0. The molecule has 0 fully saturated rings. The highest BCUT2D eigenvalue weighted by atomic mass is 127. The van der Waals surface area contributed by atoms with Crippen molar-refractivity contribution < 1.29 is 9.13 Å². The number of benzene rings is 1. The SMILES string of the molecule is Fc1nc(OCc2ccccc2)ccc1I. The predicted octanol–water partition coefficient (Wildman–Crippen LogP) is 3.40. The van der Waals surface area contributed by atoms with E-state index in [4.69, 9.17) is 4.74 Å². The summed E-state index contributed by atoms with van der Waals surface area (Å²) in [6.45, 7) is 0.397. The van der Waals surface area contributed by atoms with Gasteiger partial charge in [-0.05, 0) is 34.2 Å². The molecule has 16 heavy (non-hydrogen) atoms. The van der Waals surface area contributed by atoms with Crippen molar-refractivity contribution in [1.29, 1.82) is 0 Å². The smallest absolute Gasteiger partial charge is 0.229 e. The quantitative estimate of drug-likeness (QED) is 0.636. The highest BCUT2D eigenvalue weighted by Gasteiger charge is 2.03. The maximum absolute atomic E-state index is 13.1. The van der Waals surface area contributed by atoms with Gasteiger partial charge in [0.05, 0.1) is 3.57 Å². The first-order valence-corrected chi connectivity index (χ1v) is 5.82. The topological polar surface area (TPSA) is 22.1 Å². The molecule has 0 aliphatic heterocycles. The van der Waals surface area contributed by atoms with Crippen LogP contribution in [0.25, 0.3) is 0 Å². The van der Waals surface area contributed by atoms with Crippen LogP contribution in [0.15, 0.2) is 42.5 Å². The molecule has 0 saturated heterocycles. The lowest BCUT2D eigenvalue weighted by Gasteiger charge is -2.05. The van der Waals surface area contributed by atoms with Crippen LogP contribution < -0.4 is 4.74 Å². The van der Waals surface area contributed by atoms with Gasteiger partial charge in [0.25, 0.3) is 0 Å². The van der Waals surface area contributed by atoms with Crippen LogP contribution in [0, 0.1) is 9.52 Å². The number of hydrogen-bond acceptors (Lipinski definition) is 2. The van der Waals surface area contributed by atoms with E-state index in [1.165, 1.54) is 0 Å². The summed E-state index contributed by atoms with van der Waals surface area (Å²) in [5, 5.41) is 0. The van der Waals surface area contributed by atoms with E-state index in [0.717, 1.165) is 5.56 Å². The molecular formula is C12H9FINO. The third-order valence-electron chi connectivity index (χ3n) is 2.01. The maximum atomic E-state index is 13.1. The second kappa shape index (κ2) is 5.25. The molecule has 1 aromatic carbocycles. The fraction of sp³-hybridized carbons (Fsp3) is 0.0833. The van der Waals surface area contributed by atoms with Gasteiger partial charge in [-0.3, -0.25) is 0 Å². The average Bonchev–Trinajstić information content (AvgIpc) is 2.32. The zero-order valence-corrected chi connectivity index (χ0v) is 10.5. The Morgan fingerprint density at radius 1 is 1.12 bits per heavy atom. The Morgan fingerprint density at radius 3 is 2.56 bits per heavy atom. The van der Waals surface area contributed by atoms with Gasteiger partial charge in [0.2, 0.25) is 11.8 Å². The molecule has 0 atom stereocenters. The molecule has 2 nitrogen and oxygen atoms in total. The summed E-state index contributed by atoms with van der Waals surface area (Å²) in [5.41, 5.74) is 1.03. The molecule has 0 saturated carbocycles. The number of ether oxygens (including phenoxy) is 1. The highest BCUT2D eigenvalue weighted by Crippen LogP contribution is 2.14. The molecule has 0 unspecified atom stereocenters. The Morgan fingerprint density at radius 2 is 1.88 bits per heavy atom. The predicted molar refractivity (Wildman–Crippen MR) is 67.7 cm³/mol. The first-order chi connectivity index (χ1) is 7.75. The van der Waals surface area contributed by atoms with E-state index in [1.54, 1.807) is 12.1 Å². The molecule has 2 aromatic rings. The van der Waals surface area contributed by atoms with Crippen LogP contribution in [0.1, 0.15) is 5.56 Å². The Labute approximate surface area is 107 Å². The minimum atomic E-state index is -0.494. The van der Waals surface area contributed by atoms with Gasteiger partial charge in [-0.25, -0.2) is 0 Å². The minimum Gasteiger partial charge on any atom is -0.473 e. The molecule has 4 heteroatoms. The molecule has 0 amide bonds. The van der Waals surface area contributed by atoms with Crippen molar-refractivity contribution in [2.45, 2.75) is 6.61 Å². The van der Waals surface area contributed by atoms with E-state index < -0.39 is 5.95 Å². The average molecular weight is 329 g/mol. The Hall–Kier alpha value is -1.17. The molecule has 0 spiro atoms. The third kappa shape index (κ3) is 2.91. The summed E-state index contributed by atoms with van der Waals surface area (Å²) in [7, 11) is 0. The number of aromatic nitrogens is 1. The molecule has 1 heterocycles. The molecule has 0 aliphatic carbocycles. The van der Waals surface area contributed by atoms with Gasteiger partial charge >= 0.3 is 0 Å². The van der Waals surface area contributed by atoms with Crippen LogP contribution in [-0.4, -0.2) is 4.98 Å². The molecule has 0 N–H and O–H groups in total. The van der Waals surface area contributed by atoms with E-state index in [-0.39, 0.29) is 0 Å². The van der Waals surface area contributed by atoms with Crippen molar-refractivity contribution in [3.8, 4) is 5.88 Å². The standard InChI is InChI=1S/C12H9FINO/c13-12-10(14)6-7-11(15-12)16-8-9-4-2-1-3-5-9/h1-7H,8H2.